The lowest BCUT2D eigenvalue weighted by Crippen LogP contribution is -2.07. The minimum absolute atomic E-state index is 0. The van der Waals surface area contributed by atoms with E-state index in [-0.39, 0.29) is 14.2 Å². The molecule has 0 aliphatic carbocycles. The van der Waals surface area contributed by atoms with Crippen LogP contribution in [0.1, 0.15) is 7.43 Å². The lowest BCUT2D eigenvalue weighted by atomic mass is 11.5. The largest absolute Gasteiger partial charge is 0.331 e. The molecule has 6 heteroatoms. The molecule has 0 radical (unpaired) electrons. The Kier molecular flexibility index (Phi) is 6.43. The van der Waals surface area contributed by atoms with E-state index in [1.54, 1.807) is 20.0 Å². The van der Waals surface area contributed by atoms with E-state index in [0.717, 1.165) is 0 Å². The molecule has 0 atom stereocenters. The third-order valence-electron chi connectivity index (χ3n) is 0.574. The summed E-state index contributed by atoms with van der Waals surface area (Å²) in [5.41, 5.74) is 0. The lowest BCUT2D eigenvalue weighted by molar-refractivity contribution is 0.0124. The first kappa shape index (κ1) is 14.9. The fourth-order valence-corrected chi connectivity index (χ4v) is 0.603. The lowest BCUT2D eigenvalue weighted by Gasteiger charge is -2.21. The fourth-order valence-electron chi connectivity index (χ4n) is 0.201. The maximum atomic E-state index is 10.2. The topological polar surface area (TPSA) is 52.6 Å². The van der Waals surface area contributed by atoms with Crippen LogP contribution < -0.4 is 0 Å². The summed E-state index contributed by atoms with van der Waals surface area (Å²) in [5.74, 6) is 0. The number of hydrogen-bond donors (Lipinski definition) is 0. The monoisotopic (exact) mass is 216 g/mol. The fraction of sp³-hybridized carbons (Fsp3) is 1.00. The minimum Gasteiger partial charge on any atom is -0.324 e. The average Bonchev–Trinajstić information content (AvgIpc) is 1.57. The molecule has 0 amide bonds. The van der Waals surface area contributed by atoms with Gasteiger partial charge in [-0.05, 0) is 20.0 Å². The quantitative estimate of drug-likeness (QED) is 0.584. The second-order valence-corrected chi connectivity index (χ2v) is 8.87. The van der Waals surface area contributed by atoms with Crippen molar-refractivity contribution in [3.8, 4) is 0 Å². The molecule has 0 saturated carbocycles. The van der Waals surface area contributed by atoms with Gasteiger partial charge in [0.05, 0.1) is 7.14 Å². The summed E-state index contributed by atoms with van der Waals surface area (Å²) in [4.78, 5) is 0. The normalized spacial score (nSPS) is 19.3. The number of rotatable bonds is 0. The average molecular weight is 216 g/mol. The molecule has 0 aromatic rings. The first-order valence-corrected chi connectivity index (χ1v) is 8.13. The second kappa shape index (κ2) is 5.18. The molecular weight excluding hydrogens is 198 g/mol. The zero-order valence-electron chi connectivity index (χ0n) is 7.23. The van der Waals surface area contributed by atoms with Gasteiger partial charge in [0.1, 0.15) is 0 Å². The summed E-state index contributed by atoms with van der Waals surface area (Å²) in [5, 5.41) is 0. The van der Waals surface area contributed by atoms with E-state index in [2.05, 4.69) is 9.05 Å². The van der Waals surface area contributed by atoms with Gasteiger partial charge < -0.3 is 4.57 Å². The highest BCUT2D eigenvalue weighted by atomic mass is 31.2. The molecule has 1 rings (SSSR count). The Morgan fingerprint density at radius 2 is 1.42 bits per heavy atom. The van der Waals surface area contributed by atoms with Crippen molar-refractivity contribution < 1.29 is 18.2 Å². The van der Waals surface area contributed by atoms with Crippen molar-refractivity contribution in [3.05, 3.63) is 0 Å². The van der Waals surface area contributed by atoms with Crippen molar-refractivity contribution in [1.82, 2.24) is 0 Å². The Morgan fingerprint density at radius 3 is 1.42 bits per heavy atom. The highest BCUT2D eigenvalue weighted by molar-refractivity contribution is 7.61. The van der Waals surface area contributed by atoms with Crippen molar-refractivity contribution in [2.45, 2.75) is 7.43 Å². The predicted octanol–water partition coefficient (Wildman–Crippen LogP) is 2.69. The van der Waals surface area contributed by atoms with Gasteiger partial charge in [0, 0.05) is 6.66 Å². The molecule has 76 valence electrons. The molecule has 0 aromatic heterocycles. The maximum Gasteiger partial charge on any atom is 0.331 e. The van der Waals surface area contributed by atoms with Crippen molar-refractivity contribution >= 4 is 14.7 Å². The van der Waals surface area contributed by atoms with Gasteiger partial charge in [0.15, 0.2) is 6.79 Å². The Balaban J connectivity index is 0. The predicted molar refractivity (Wildman–Crippen MR) is 52.7 cm³/mol. The Labute approximate surface area is 74.5 Å². The zero-order valence-corrected chi connectivity index (χ0v) is 9.02. The van der Waals surface area contributed by atoms with Crippen LogP contribution in [0.15, 0.2) is 0 Å². The van der Waals surface area contributed by atoms with Gasteiger partial charge in [-0.25, -0.2) is 0 Å². The molecule has 1 aliphatic rings. The van der Waals surface area contributed by atoms with E-state index in [1.807, 2.05) is 0 Å². The third-order valence-corrected chi connectivity index (χ3v) is 1.72. The summed E-state index contributed by atoms with van der Waals surface area (Å²) in [7, 11) is -4.10. The van der Waals surface area contributed by atoms with E-state index in [0.29, 0.717) is 0 Å². The van der Waals surface area contributed by atoms with Crippen LogP contribution in [0.5, 0.6) is 0 Å². The first-order chi connectivity index (χ1) is 4.71. The Hall–Kier alpha value is 0.380. The van der Waals surface area contributed by atoms with Gasteiger partial charge in [0.25, 0.3) is 0 Å². The van der Waals surface area contributed by atoms with Crippen molar-refractivity contribution in [1.29, 1.82) is 0 Å². The van der Waals surface area contributed by atoms with Crippen LogP contribution in [0.3, 0.4) is 0 Å². The van der Waals surface area contributed by atoms with E-state index < -0.39 is 14.7 Å². The molecule has 1 aliphatic heterocycles. The van der Waals surface area contributed by atoms with Crippen LogP contribution in [0.25, 0.3) is 0 Å². The smallest absolute Gasteiger partial charge is 0.324 e. The SMILES string of the molecule is C.CP(C)(C)=O.CP1(=O)OCO1. The van der Waals surface area contributed by atoms with E-state index in [4.69, 9.17) is 0 Å². The standard InChI is InChI=1S/C3H9OP.C2H5O3P.CH4/c1-5(2,3)4;1-6(3)4-2-5-6;/h1-3H3;2H2,1H3;1H4. The van der Waals surface area contributed by atoms with Gasteiger partial charge in [-0.15, -0.1) is 0 Å². The molecule has 0 aromatic carbocycles. The van der Waals surface area contributed by atoms with Crippen LogP contribution in [0.4, 0.5) is 0 Å². The van der Waals surface area contributed by atoms with Crippen molar-refractivity contribution in [2.75, 3.05) is 33.5 Å². The minimum atomic E-state index is -2.47. The zero-order chi connectivity index (χ0) is 9.12. The molecule has 1 fully saturated rings. The van der Waals surface area contributed by atoms with E-state index in [9.17, 15) is 9.13 Å². The number of hydrogen-bond acceptors (Lipinski definition) is 4. The van der Waals surface area contributed by atoms with Gasteiger partial charge in [-0.2, -0.15) is 0 Å². The van der Waals surface area contributed by atoms with E-state index >= 15 is 0 Å². The molecule has 1 saturated heterocycles. The molecule has 0 spiro atoms. The van der Waals surface area contributed by atoms with Gasteiger partial charge in [0.2, 0.25) is 0 Å². The summed E-state index contributed by atoms with van der Waals surface area (Å²) in [6.07, 6.45) is 0. The summed E-state index contributed by atoms with van der Waals surface area (Å²) in [6, 6.07) is 0. The van der Waals surface area contributed by atoms with Crippen LogP contribution in [-0.2, 0) is 18.2 Å². The third kappa shape index (κ3) is 13.0. The molecule has 0 unspecified atom stereocenters. The Morgan fingerprint density at radius 1 is 1.25 bits per heavy atom. The van der Waals surface area contributed by atoms with Gasteiger partial charge in [-0.1, -0.05) is 7.43 Å². The van der Waals surface area contributed by atoms with Crippen LogP contribution >= 0.6 is 14.7 Å². The van der Waals surface area contributed by atoms with Crippen LogP contribution in [-0.4, -0.2) is 33.5 Å². The molecule has 0 bridgehead atoms. The summed E-state index contributed by atoms with van der Waals surface area (Å²) < 4.78 is 29.3. The molecule has 0 N–H and O–H groups in total. The highest BCUT2D eigenvalue weighted by Crippen LogP contribution is 2.51. The van der Waals surface area contributed by atoms with Crippen molar-refractivity contribution in [3.63, 3.8) is 0 Å². The van der Waals surface area contributed by atoms with Gasteiger partial charge >= 0.3 is 7.60 Å². The Bertz CT molecular complexity index is 191. The van der Waals surface area contributed by atoms with Crippen LogP contribution in [0, 0.1) is 0 Å². The molecule has 1 heterocycles. The molecule has 4 nitrogen and oxygen atoms in total. The first-order valence-electron chi connectivity index (χ1n) is 3.10. The second-order valence-electron chi connectivity index (χ2n) is 3.04. The summed E-state index contributed by atoms with van der Waals surface area (Å²) in [6.45, 7) is 6.87. The highest BCUT2D eigenvalue weighted by Gasteiger charge is 2.25. The van der Waals surface area contributed by atoms with Crippen molar-refractivity contribution in [2.24, 2.45) is 0 Å². The van der Waals surface area contributed by atoms with Gasteiger partial charge in [-0.3, -0.25) is 13.6 Å². The van der Waals surface area contributed by atoms with Crippen LogP contribution in [0.2, 0.25) is 0 Å². The molecular formula is C6H18O4P2. The maximum absolute atomic E-state index is 10.2. The molecule has 12 heavy (non-hydrogen) atoms. The summed E-state index contributed by atoms with van der Waals surface area (Å²) >= 11 is 0. The van der Waals surface area contributed by atoms with E-state index in [1.165, 1.54) is 6.66 Å².